The maximum atomic E-state index is 11.4. The van der Waals surface area contributed by atoms with Crippen LogP contribution < -0.4 is 0 Å². The fourth-order valence-electron chi connectivity index (χ4n) is 1.01. The van der Waals surface area contributed by atoms with Gasteiger partial charge < -0.3 is 4.90 Å². The van der Waals surface area contributed by atoms with Gasteiger partial charge >= 0.3 is 0 Å². The highest BCUT2D eigenvalue weighted by Gasteiger charge is 2.18. The molecule has 13 heavy (non-hydrogen) atoms. The van der Waals surface area contributed by atoms with Gasteiger partial charge in [-0.2, -0.15) is 0 Å². The molecule has 0 rings (SSSR count). The summed E-state index contributed by atoms with van der Waals surface area (Å²) in [6.07, 6.45) is 0.0214. The largest absolute Gasteiger partial charge is 0.342 e. The Labute approximate surface area is 80.1 Å². The molecule has 0 radical (unpaired) electrons. The molecular formula is C10H19NO2. The molecule has 0 heterocycles. The van der Waals surface area contributed by atoms with E-state index in [1.54, 1.807) is 11.9 Å². The Morgan fingerprint density at radius 3 is 2.00 bits per heavy atom. The van der Waals surface area contributed by atoms with E-state index in [1.165, 1.54) is 6.92 Å². The van der Waals surface area contributed by atoms with Crippen molar-refractivity contribution in [3.05, 3.63) is 0 Å². The summed E-state index contributed by atoms with van der Waals surface area (Å²) in [5.41, 5.74) is 0. The first-order chi connectivity index (χ1) is 5.86. The van der Waals surface area contributed by atoms with Crippen LogP contribution in [0.2, 0.25) is 0 Å². The Balaban J connectivity index is 4.17. The molecular weight excluding hydrogens is 166 g/mol. The minimum atomic E-state index is -0.0892. The van der Waals surface area contributed by atoms with E-state index in [0.717, 1.165) is 0 Å². The number of hydrogen-bond acceptors (Lipinski definition) is 2. The summed E-state index contributed by atoms with van der Waals surface area (Å²) in [5.74, 6) is 0.252. The third-order valence-electron chi connectivity index (χ3n) is 2.37. The average Bonchev–Trinajstić information content (AvgIpc) is 2.00. The van der Waals surface area contributed by atoms with Crippen molar-refractivity contribution in [2.45, 2.75) is 40.2 Å². The molecule has 1 atom stereocenters. The predicted octanol–water partition coefficient (Wildman–Crippen LogP) is 1.47. The number of rotatable bonds is 4. The summed E-state index contributed by atoms with van der Waals surface area (Å²) in [7, 11) is 1.75. The molecule has 0 saturated carbocycles. The van der Waals surface area contributed by atoms with Gasteiger partial charge in [0.1, 0.15) is 5.78 Å². The van der Waals surface area contributed by atoms with Gasteiger partial charge in [-0.25, -0.2) is 0 Å². The topological polar surface area (TPSA) is 37.4 Å². The van der Waals surface area contributed by atoms with E-state index in [1.807, 2.05) is 6.92 Å². The number of amides is 1. The van der Waals surface area contributed by atoms with Gasteiger partial charge in [0.15, 0.2) is 0 Å². The molecule has 0 saturated heterocycles. The van der Waals surface area contributed by atoms with Crippen LogP contribution >= 0.6 is 0 Å². The third-order valence-corrected chi connectivity index (χ3v) is 2.37. The molecule has 0 aromatic heterocycles. The summed E-state index contributed by atoms with van der Waals surface area (Å²) in [6, 6.07) is 0.187. The summed E-state index contributed by atoms with van der Waals surface area (Å²) in [5, 5.41) is 0. The van der Waals surface area contributed by atoms with E-state index >= 15 is 0 Å². The number of ketones is 1. The lowest BCUT2D eigenvalue weighted by molar-refractivity contribution is -0.135. The van der Waals surface area contributed by atoms with Gasteiger partial charge in [0.25, 0.3) is 0 Å². The second-order valence-electron chi connectivity index (χ2n) is 3.87. The van der Waals surface area contributed by atoms with E-state index in [-0.39, 0.29) is 24.2 Å². The number of hydrogen-bond donors (Lipinski definition) is 0. The lowest BCUT2D eigenvalue weighted by Crippen LogP contribution is -2.38. The number of Topliss-reactive ketones (excluding diaryl/α,β-unsaturated/α-hetero) is 1. The quantitative estimate of drug-likeness (QED) is 0.622. The SMILES string of the molecule is CC(=O)CC(=O)N(C)C(C)C(C)C. The normalized spacial score (nSPS) is 12.8. The van der Waals surface area contributed by atoms with Crippen molar-refractivity contribution >= 4 is 11.7 Å². The van der Waals surface area contributed by atoms with Gasteiger partial charge in [-0.1, -0.05) is 13.8 Å². The summed E-state index contributed by atoms with van der Waals surface area (Å²) >= 11 is 0. The molecule has 0 aliphatic rings. The van der Waals surface area contributed by atoms with E-state index in [4.69, 9.17) is 0 Å². The lowest BCUT2D eigenvalue weighted by atomic mass is 10.0. The molecule has 0 aliphatic carbocycles. The van der Waals surface area contributed by atoms with Crippen LogP contribution in [0.3, 0.4) is 0 Å². The Bertz CT molecular complexity index is 199. The van der Waals surface area contributed by atoms with Crippen LogP contribution in [0.15, 0.2) is 0 Å². The standard InChI is InChI=1S/C10H19NO2/c1-7(2)9(4)11(5)10(13)6-8(3)12/h7,9H,6H2,1-5H3. The zero-order valence-electron chi connectivity index (χ0n) is 9.13. The Morgan fingerprint density at radius 1 is 1.23 bits per heavy atom. The molecule has 0 spiro atoms. The lowest BCUT2D eigenvalue weighted by Gasteiger charge is -2.27. The molecule has 0 aromatic rings. The molecule has 0 N–H and O–H groups in total. The average molecular weight is 185 g/mol. The van der Waals surface area contributed by atoms with Crippen LogP contribution in [0, 0.1) is 5.92 Å². The van der Waals surface area contributed by atoms with Gasteiger partial charge in [-0.3, -0.25) is 9.59 Å². The van der Waals surface area contributed by atoms with E-state index in [9.17, 15) is 9.59 Å². The summed E-state index contributed by atoms with van der Waals surface area (Å²) in [6.45, 7) is 7.54. The second-order valence-corrected chi connectivity index (χ2v) is 3.87. The molecule has 1 unspecified atom stereocenters. The third kappa shape index (κ3) is 4.06. The fourth-order valence-corrected chi connectivity index (χ4v) is 1.01. The molecule has 0 aromatic carbocycles. The van der Waals surface area contributed by atoms with Crippen LogP contribution in [0.1, 0.15) is 34.1 Å². The number of nitrogens with zero attached hydrogens (tertiary/aromatic N) is 1. The van der Waals surface area contributed by atoms with Crippen LogP contribution in [0.25, 0.3) is 0 Å². The molecule has 0 aliphatic heterocycles. The molecule has 0 fully saturated rings. The van der Waals surface area contributed by atoms with E-state index in [2.05, 4.69) is 13.8 Å². The van der Waals surface area contributed by atoms with Crippen LogP contribution in [0.5, 0.6) is 0 Å². The molecule has 76 valence electrons. The van der Waals surface area contributed by atoms with E-state index in [0.29, 0.717) is 5.92 Å². The van der Waals surface area contributed by atoms with Crippen LogP contribution in [-0.4, -0.2) is 29.7 Å². The van der Waals surface area contributed by atoms with Crippen molar-refractivity contribution in [3.63, 3.8) is 0 Å². The minimum Gasteiger partial charge on any atom is -0.342 e. The zero-order chi connectivity index (χ0) is 10.6. The van der Waals surface area contributed by atoms with Crippen molar-refractivity contribution in [1.29, 1.82) is 0 Å². The number of carbonyl (C=O) groups is 2. The molecule has 3 heteroatoms. The first kappa shape index (κ1) is 12.1. The highest BCUT2D eigenvalue weighted by molar-refractivity contribution is 5.96. The van der Waals surface area contributed by atoms with Gasteiger partial charge in [0.2, 0.25) is 5.91 Å². The van der Waals surface area contributed by atoms with Gasteiger partial charge in [0.05, 0.1) is 6.42 Å². The Hall–Kier alpha value is -0.860. The monoisotopic (exact) mass is 185 g/mol. The number of carbonyl (C=O) groups excluding carboxylic acids is 2. The van der Waals surface area contributed by atoms with Gasteiger partial charge in [-0.15, -0.1) is 0 Å². The first-order valence-electron chi connectivity index (χ1n) is 4.61. The van der Waals surface area contributed by atoms with Gasteiger partial charge in [-0.05, 0) is 19.8 Å². The predicted molar refractivity (Wildman–Crippen MR) is 52.4 cm³/mol. The van der Waals surface area contributed by atoms with Crippen molar-refractivity contribution in [1.82, 2.24) is 4.90 Å². The van der Waals surface area contributed by atoms with Crippen molar-refractivity contribution in [3.8, 4) is 0 Å². The van der Waals surface area contributed by atoms with Crippen molar-refractivity contribution in [2.24, 2.45) is 5.92 Å². The highest BCUT2D eigenvalue weighted by Crippen LogP contribution is 2.09. The molecule has 3 nitrogen and oxygen atoms in total. The Morgan fingerprint density at radius 2 is 1.69 bits per heavy atom. The van der Waals surface area contributed by atoms with E-state index < -0.39 is 0 Å². The summed E-state index contributed by atoms with van der Waals surface area (Å²) < 4.78 is 0. The highest BCUT2D eigenvalue weighted by atomic mass is 16.2. The van der Waals surface area contributed by atoms with Crippen molar-refractivity contribution in [2.75, 3.05) is 7.05 Å². The van der Waals surface area contributed by atoms with Crippen LogP contribution in [-0.2, 0) is 9.59 Å². The smallest absolute Gasteiger partial charge is 0.229 e. The second kappa shape index (κ2) is 5.00. The zero-order valence-corrected chi connectivity index (χ0v) is 9.13. The minimum absolute atomic E-state index is 0.0214. The Kier molecular flexibility index (Phi) is 4.67. The van der Waals surface area contributed by atoms with Gasteiger partial charge in [0, 0.05) is 13.1 Å². The first-order valence-corrected chi connectivity index (χ1v) is 4.61. The molecule has 0 bridgehead atoms. The maximum absolute atomic E-state index is 11.4. The maximum Gasteiger partial charge on any atom is 0.229 e. The molecule has 1 amide bonds. The van der Waals surface area contributed by atoms with Crippen molar-refractivity contribution < 1.29 is 9.59 Å². The summed E-state index contributed by atoms with van der Waals surface area (Å²) in [4.78, 5) is 23.8. The van der Waals surface area contributed by atoms with Crippen LogP contribution in [0.4, 0.5) is 0 Å². The fraction of sp³-hybridized carbons (Fsp3) is 0.800.